The van der Waals surface area contributed by atoms with Gasteiger partial charge >= 0.3 is 0 Å². The number of hydrogen-bond donors (Lipinski definition) is 0. The molecule has 3 heteroatoms. The average molecular weight is 624 g/mol. The average Bonchev–Trinajstić information content (AvgIpc) is 3.58. The molecule has 8 aromatic carbocycles. The van der Waals surface area contributed by atoms with E-state index in [1.54, 1.807) is 0 Å². The second-order valence-electron chi connectivity index (χ2n) is 12.6. The van der Waals surface area contributed by atoms with Crippen molar-refractivity contribution < 1.29 is 0 Å². The summed E-state index contributed by atoms with van der Waals surface area (Å²) >= 11 is 0. The van der Waals surface area contributed by atoms with E-state index in [4.69, 9.17) is 9.97 Å². The molecule has 0 spiro atoms. The van der Waals surface area contributed by atoms with Gasteiger partial charge in [0.15, 0.2) is 0 Å². The molecule has 0 saturated carbocycles. The van der Waals surface area contributed by atoms with Crippen LogP contribution in [0.25, 0.3) is 93.7 Å². The summed E-state index contributed by atoms with van der Waals surface area (Å²) in [5.74, 6) is 0.936. The van der Waals surface area contributed by atoms with Gasteiger partial charge in [-0.15, -0.1) is 0 Å². The Morgan fingerprint density at radius 1 is 0.347 bits per heavy atom. The van der Waals surface area contributed by atoms with E-state index in [0.717, 1.165) is 56.0 Å². The molecule has 0 unspecified atom stereocenters. The second kappa shape index (κ2) is 11.0. The van der Waals surface area contributed by atoms with E-state index in [9.17, 15) is 0 Å². The fourth-order valence-electron chi connectivity index (χ4n) is 7.55. The summed E-state index contributed by atoms with van der Waals surface area (Å²) < 4.78 is 2.26. The molecule has 0 fully saturated rings. The summed E-state index contributed by atoms with van der Waals surface area (Å²) in [5.41, 5.74) is 9.64. The van der Waals surface area contributed by atoms with Crippen molar-refractivity contribution >= 4 is 54.3 Å². The van der Waals surface area contributed by atoms with Crippen LogP contribution >= 0.6 is 0 Å². The van der Waals surface area contributed by atoms with E-state index in [1.807, 2.05) is 12.1 Å². The fourth-order valence-corrected chi connectivity index (χ4v) is 7.55. The van der Waals surface area contributed by atoms with Crippen molar-refractivity contribution in [2.24, 2.45) is 0 Å². The Kier molecular flexibility index (Phi) is 6.18. The highest BCUT2D eigenvalue weighted by Gasteiger charge is 2.18. The summed E-state index contributed by atoms with van der Waals surface area (Å²) in [4.78, 5) is 10.4. The van der Waals surface area contributed by atoms with Gasteiger partial charge in [-0.2, -0.15) is 0 Å². The van der Waals surface area contributed by atoms with E-state index in [-0.39, 0.29) is 0 Å². The molecular formula is C46H29N3. The molecule has 0 aliphatic heterocycles. The molecule has 49 heavy (non-hydrogen) atoms. The second-order valence-corrected chi connectivity index (χ2v) is 12.6. The Bertz CT molecular complexity index is 2870. The highest BCUT2D eigenvalue weighted by Crippen LogP contribution is 2.43. The molecular weight excluding hydrogens is 595 g/mol. The monoisotopic (exact) mass is 623 g/mol. The van der Waals surface area contributed by atoms with Crippen molar-refractivity contribution in [3.05, 3.63) is 176 Å². The van der Waals surface area contributed by atoms with Crippen LogP contribution in [0.1, 0.15) is 0 Å². The molecule has 0 N–H and O–H groups in total. The van der Waals surface area contributed by atoms with Gasteiger partial charge in [-0.1, -0.05) is 140 Å². The molecule has 0 radical (unpaired) electrons. The van der Waals surface area contributed by atoms with Crippen molar-refractivity contribution in [2.45, 2.75) is 0 Å². The number of rotatable bonds is 4. The summed E-state index contributed by atoms with van der Waals surface area (Å²) in [6, 6.07) is 62.5. The lowest BCUT2D eigenvalue weighted by atomic mass is 9.89. The Morgan fingerprint density at radius 3 is 1.67 bits per heavy atom. The maximum atomic E-state index is 5.37. The van der Waals surface area contributed by atoms with Crippen LogP contribution < -0.4 is 0 Å². The van der Waals surface area contributed by atoms with E-state index in [0.29, 0.717) is 0 Å². The minimum Gasteiger partial charge on any atom is -0.292 e. The highest BCUT2D eigenvalue weighted by atomic mass is 15.1. The number of pyridine rings is 1. The third-order valence-corrected chi connectivity index (χ3v) is 9.76. The Labute approximate surface area is 283 Å². The largest absolute Gasteiger partial charge is 0.292 e. The molecule has 0 saturated heterocycles. The molecule has 2 heterocycles. The first kappa shape index (κ1) is 27.5. The van der Waals surface area contributed by atoms with Gasteiger partial charge in [0, 0.05) is 33.0 Å². The molecule has 0 bridgehead atoms. The number of nitrogens with zero attached hydrogens (tertiary/aromatic N) is 3. The number of hydrogen-bond acceptors (Lipinski definition) is 2. The number of benzene rings is 8. The van der Waals surface area contributed by atoms with Crippen LogP contribution in [-0.4, -0.2) is 14.5 Å². The van der Waals surface area contributed by atoms with Gasteiger partial charge in [-0.25, -0.2) is 9.97 Å². The van der Waals surface area contributed by atoms with Crippen molar-refractivity contribution in [3.8, 4) is 39.5 Å². The molecule has 2 aromatic heterocycles. The lowest BCUT2D eigenvalue weighted by Gasteiger charge is -2.16. The molecule has 0 aliphatic carbocycles. The Morgan fingerprint density at radius 2 is 0.918 bits per heavy atom. The van der Waals surface area contributed by atoms with Gasteiger partial charge in [0.1, 0.15) is 5.82 Å². The topological polar surface area (TPSA) is 30.7 Å². The molecule has 10 rings (SSSR count). The zero-order chi connectivity index (χ0) is 32.3. The minimum absolute atomic E-state index is 0.936. The van der Waals surface area contributed by atoms with Crippen molar-refractivity contribution in [1.29, 1.82) is 0 Å². The van der Waals surface area contributed by atoms with Crippen LogP contribution in [0, 0.1) is 0 Å². The fraction of sp³-hybridized carbons (Fsp3) is 0. The number of fused-ring (bicyclic) bond motifs is 9. The van der Waals surface area contributed by atoms with E-state index >= 15 is 0 Å². The first-order valence-corrected chi connectivity index (χ1v) is 16.7. The minimum atomic E-state index is 0.936. The van der Waals surface area contributed by atoms with E-state index < -0.39 is 0 Å². The van der Waals surface area contributed by atoms with Crippen LogP contribution in [0.5, 0.6) is 0 Å². The first-order valence-electron chi connectivity index (χ1n) is 16.7. The molecule has 0 aliphatic rings. The molecule has 10 aromatic rings. The van der Waals surface area contributed by atoms with Crippen LogP contribution in [0.4, 0.5) is 0 Å². The zero-order valence-electron chi connectivity index (χ0n) is 26.6. The maximum absolute atomic E-state index is 5.37. The van der Waals surface area contributed by atoms with Gasteiger partial charge in [0.2, 0.25) is 0 Å². The van der Waals surface area contributed by atoms with Crippen molar-refractivity contribution in [3.63, 3.8) is 0 Å². The summed E-state index contributed by atoms with van der Waals surface area (Å²) in [7, 11) is 0. The highest BCUT2D eigenvalue weighted by molar-refractivity contribution is 6.33. The van der Waals surface area contributed by atoms with Gasteiger partial charge in [-0.05, 0) is 69.1 Å². The van der Waals surface area contributed by atoms with Crippen LogP contribution in [-0.2, 0) is 0 Å². The summed E-state index contributed by atoms with van der Waals surface area (Å²) in [5, 5.41) is 8.62. The number of aromatic nitrogens is 3. The normalized spacial score (nSPS) is 11.7. The zero-order valence-corrected chi connectivity index (χ0v) is 26.6. The quantitative estimate of drug-likeness (QED) is 0.183. The van der Waals surface area contributed by atoms with Crippen LogP contribution in [0.15, 0.2) is 176 Å². The van der Waals surface area contributed by atoms with E-state index in [2.05, 4.69) is 168 Å². The lowest BCUT2D eigenvalue weighted by molar-refractivity contribution is 1.10. The lowest BCUT2D eigenvalue weighted by Crippen LogP contribution is -1.97. The third kappa shape index (κ3) is 4.37. The molecule has 0 atom stereocenters. The van der Waals surface area contributed by atoms with E-state index in [1.165, 1.54) is 37.7 Å². The summed E-state index contributed by atoms with van der Waals surface area (Å²) in [6.45, 7) is 0. The third-order valence-electron chi connectivity index (χ3n) is 9.76. The SMILES string of the molecule is c1ccc(-c2nc3ccccc3n2-c2ccc(-c3cccc(-c4nc5ccccc5c5c6ccccc6c6ccccc6c45)c3)cc2)cc1. The predicted octanol–water partition coefficient (Wildman–Crippen LogP) is 12.0. The van der Waals surface area contributed by atoms with Gasteiger partial charge < -0.3 is 0 Å². The van der Waals surface area contributed by atoms with Crippen LogP contribution in [0.2, 0.25) is 0 Å². The standard InChI is InChI=1S/C46H29N3/c1-2-13-31(14-3-1)46-48-41-23-10-11-24-42(41)49(46)34-27-25-30(26-28-34)32-15-12-16-33(29-32)45-44-38-20-7-5-18-36(38)35-17-4-6-19-37(35)43(44)39-21-8-9-22-40(39)47-45/h1-29H. The van der Waals surface area contributed by atoms with Gasteiger partial charge in [0.05, 0.1) is 22.2 Å². The van der Waals surface area contributed by atoms with Crippen LogP contribution in [0.3, 0.4) is 0 Å². The Balaban J connectivity index is 1.15. The molecule has 3 nitrogen and oxygen atoms in total. The number of imidazole rings is 1. The predicted molar refractivity (Wildman–Crippen MR) is 205 cm³/mol. The number of para-hydroxylation sites is 3. The molecule has 0 amide bonds. The Hall–Kier alpha value is -6.58. The van der Waals surface area contributed by atoms with Crippen molar-refractivity contribution in [1.82, 2.24) is 14.5 Å². The van der Waals surface area contributed by atoms with Crippen molar-refractivity contribution in [2.75, 3.05) is 0 Å². The molecule has 228 valence electrons. The summed E-state index contributed by atoms with van der Waals surface area (Å²) in [6.07, 6.45) is 0. The smallest absolute Gasteiger partial charge is 0.145 e. The van der Waals surface area contributed by atoms with Gasteiger partial charge in [-0.3, -0.25) is 4.57 Å². The first-order chi connectivity index (χ1) is 24.3. The maximum Gasteiger partial charge on any atom is 0.145 e. The van der Waals surface area contributed by atoms with Gasteiger partial charge in [0.25, 0.3) is 0 Å².